The van der Waals surface area contributed by atoms with Crippen LogP contribution in [0.1, 0.15) is 19.4 Å². The fourth-order valence-corrected chi connectivity index (χ4v) is 3.22. The van der Waals surface area contributed by atoms with E-state index in [1.54, 1.807) is 30.3 Å². The van der Waals surface area contributed by atoms with Crippen molar-refractivity contribution in [2.75, 3.05) is 13.2 Å². The van der Waals surface area contributed by atoms with Gasteiger partial charge in [-0.1, -0.05) is 32.0 Å². The maximum atomic E-state index is 12.4. The lowest BCUT2D eigenvalue weighted by Crippen LogP contribution is -2.34. The van der Waals surface area contributed by atoms with E-state index in [-0.39, 0.29) is 23.0 Å². The molecule has 1 aliphatic heterocycles. The molecule has 3 rings (SSSR count). The number of imide groups is 1. The molecule has 1 aromatic heterocycles. The number of benzene rings is 1. The van der Waals surface area contributed by atoms with Crippen LogP contribution in [0.25, 0.3) is 17.0 Å². The molecule has 1 aromatic carbocycles. The second-order valence-corrected chi connectivity index (χ2v) is 7.36. The van der Waals surface area contributed by atoms with Crippen molar-refractivity contribution in [3.8, 4) is 0 Å². The van der Waals surface area contributed by atoms with E-state index < -0.39 is 29.3 Å². The highest BCUT2D eigenvalue weighted by atomic mass is 32.2. The molecule has 0 spiro atoms. The van der Waals surface area contributed by atoms with Crippen molar-refractivity contribution >= 4 is 45.9 Å². The van der Waals surface area contributed by atoms with Crippen LogP contribution in [0.3, 0.4) is 0 Å². The van der Waals surface area contributed by atoms with Crippen LogP contribution in [0, 0.1) is 5.92 Å². The Balaban J connectivity index is 1.81. The SMILES string of the molecule is CC(C)COC(=O)CN1C(=O)S/C(=C/c2cc3ccccc3oc2=O)C1=O. The highest BCUT2D eigenvalue weighted by Crippen LogP contribution is 2.32. The van der Waals surface area contributed by atoms with E-state index >= 15 is 0 Å². The number of carbonyl (C=O) groups is 3. The molecule has 0 radical (unpaired) electrons. The smallest absolute Gasteiger partial charge is 0.343 e. The summed E-state index contributed by atoms with van der Waals surface area (Å²) in [5.74, 6) is -1.15. The number of carbonyl (C=O) groups excluding carboxylic acids is 3. The van der Waals surface area contributed by atoms with Crippen molar-refractivity contribution in [1.82, 2.24) is 4.90 Å². The summed E-state index contributed by atoms with van der Waals surface area (Å²) in [4.78, 5) is 49.3. The zero-order chi connectivity index (χ0) is 19.6. The van der Waals surface area contributed by atoms with Gasteiger partial charge in [0.2, 0.25) is 0 Å². The quantitative estimate of drug-likeness (QED) is 0.442. The summed E-state index contributed by atoms with van der Waals surface area (Å²) in [6.07, 6.45) is 1.31. The van der Waals surface area contributed by atoms with E-state index in [0.29, 0.717) is 22.7 Å². The van der Waals surface area contributed by atoms with Crippen LogP contribution in [0.2, 0.25) is 0 Å². The first-order chi connectivity index (χ1) is 12.8. The minimum absolute atomic E-state index is 0.0549. The van der Waals surface area contributed by atoms with Gasteiger partial charge in [0.1, 0.15) is 12.1 Å². The molecular formula is C19H17NO6S. The molecule has 2 aromatic rings. The van der Waals surface area contributed by atoms with Crippen LogP contribution in [-0.4, -0.2) is 35.2 Å². The van der Waals surface area contributed by atoms with Crippen molar-refractivity contribution in [2.45, 2.75) is 13.8 Å². The number of para-hydroxylation sites is 1. The number of thioether (sulfide) groups is 1. The molecule has 0 unspecified atom stereocenters. The predicted molar refractivity (Wildman–Crippen MR) is 101 cm³/mol. The maximum Gasteiger partial charge on any atom is 0.343 e. The van der Waals surface area contributed by atoms with Gasteiger partial charge in [0, 0.05) is 5.39 Å². The molecule has 2 heterocycles. The maximum absolute atomic E-state index is 12.4. The van der Waals surface area contributed by atoms with Gasteiger partial charge in [-0.05, 0) is 35.9 Å². The second kappa shape index (κ2) is 7.79. The van der Waals surface area contributed by atoms with Gasteiger partial charge >= 0.3 is 11.6 Å². The van der Waals surface area contributed by atoms with E-state index in [2.05, 4.69) is 0 Å². The number of rotatable bonds is 5. The standard InChI is InChI=1S/C19H17NO6S/c1-11(2)10-25-16(21)9-20-17(22)15(27-19(20)24)8-13-7-12-5-3-4-6-14(12)26-18(13)23/h3-8,11H,9-10H2,1-2H3/b15-8+. The number of esters is 1. The molecule has 8 heteroatoms. The Hall–Kier alpha value is -2.87. The number of hydrogen-bond donors (Lipinski definition) is 0. The minimum atomic E-state index is -0.655. The van der Waals surface area contributed by atoms with Gasteiger partial charge in [0.15, 0.2) is 0 Å². The number of amides is 2. The summed E-state index contributed by atoms with van der Waals surface area (Å²) in [5, 5.41) is 0.109. The number of nitrogens with zero attached hydrogens (tertiary/aromatic N) is 1. The molecule has 1 aliphatic rings. The molecule has 0 atom stereocenters. The van der Waals surface area contributed by atoms with Crippen molar-refractivity contribution in [1.29, 1.82) is 0 Å². The Kier molecular flexibility index (Phi) is 5.46. The zero-order valence-corrected chi connectivity index (χ0v) is 15.6. The molecular weight excluding hydrogens is 370 g/mol. The highest BCUT2D eigenvalue weighted by molar-refractivity contribution is 8.18. The van der Waals surface area contributed by atoms with E-state index in [1.165, 1.54) is 6.08 Å². The summed E-state index contributed by atoms with van der Waals surface area (Å²) in [6, 6.07) is 8.56. The first kappa shape index (κ1) is 18.9. The molecule has 0 bridgehead atoms. The number of hydrogen-bond acceptors (Lipinski definition) is 7. The fourth-order valence-electron chi connectivity index (χ4n) is 2.39. The monoisotopic (exact) mass is 387 g/mol. The van der Waals surface area contributed by atoms with Crippen molar-refractivity contribution in [3.05, 3.63) is 51.2 Å². The molecule has 0 aliphatic carbocycles. The summed E-state index contributed by atoms with van der Waals surface area (Å²) >= 11 is 0.667. The van der Waals surface area contributed by atoms with Crippen LogP contribution in [0.15, 0.2) is 44.4 Å². The van der Waals surface area contributed by atoms with Crippen LogP contribution in [0.4, 0.5) is 4.79 Å². The normalized spacial score (nSPS) is 16.0. The molecule has 7 nitrogen and oxygen atoms in total. The van der Waals surface area contributed by atoms with Gasteiger partial charge in [-0.2, -0.15) is 0 Å². The molecule has 0 N–H and O–H groups in total. The molecule has 2 amide bonds. The van der Waals surface area contributed by atoms with E-state index in [4.69, 9.17) is 9.15 Å². The Morgan fingerprint density at radius 1 is 1.26 bits per heavy atom. The first-order valence-corrected chi connectivity index (χ1v) is 9.10. The second-order valence-electron chi connectivity index (χ2n) is 6.37. The predicted octanol–water partition coefficient (Wildman–Crippen LogP) is 3.03. The summed E-state index contributed by atoms with van der Waals surface area (Å²) in [7, 11) is 0. The van der Waals surface area contributed by atoms with Gasteiger partial charge in [0.25, 0.3) is 11.1 Å². The Bertz CT molecular complexity index is 1010. The molecule has 0 saturated carbocycles. The first-order valence-electron chi connectivity index (χ1n) is 8.29. The average Bonchev–Trinajstić information content (AvgIpc) is 2.88. The zero-order valence-electron chi connectivity index (χ0n) is 14.8. The van der Waals surface area contributed by atoms with Crippen molar-refractivity contribution in [2.24, 2.45) is 5.92 Å². The third-order valence-corrected chi connectivity index (χ3v) is 4.60. The van der Waals surface area contributed by atoms with E-state index in [9.17, 15) is 19.2 Å². The van der Waals surface area contributed by atoms with E-state index in [0.717, 1.165) is 4.90 Å². The average molecular weight is 387 g/mol. The van der Waals surface area contributed by atoms with Gasteiger partial charge in [-0.15, -0.1) is 0 Å². The molecule has 1 saturated heterocycles. The Morgan fingerprint density at radius 2 is 2.00 bits per heavy atom. The molecule has 1 fully saturated rings. The van der Waals surface area contributed by atoms with E-state index in [1.807, 2.05) is 13.8 Å². The topological polar surface area (TPSA) is 93.9 Å². The van der Waals surface area contributed by atoms with Crippen molar-refractivity contribution in [3.63, 3.8) is 0 Å². The van der Waals surface area contributed by atoms with Crippen LogP contribution >= 0.6 is 11.8 Å². The van der Waals surface area contributed by atoms with Gasteiger partial charge in [-0.3, -0.25) is 19.3 Å². The minimum Gasteiger partial charge on any atom is -0.464 e. The molecule has 27 heavy (non-hydrogen) atoms. The Labute approximate surface area is 159 Å². The summed E-state index contributed by atoms with van der Waals surface area (Å²) < 4.78 is 10.2. The van der Waals surface area contributed by atoms with Crippen LogP contribution in [-0.2, 0) is 14.3 Å². The third-order valence-electron chi connectivity index (χ3n) is 3.69. The van der Waals surface area contributed by atoms with Crippen LogP contribution < -0.4 is 5.63 Å². The lowest BCUT2D eigenvalue weighted by Gasteiger charge is -2.12. The number of ether oxygens (including phenoxy) is 1. The summed E-state index contributed by atoms with van der Waals surface area (Å²) in [5.41, 5.74) is -0.0286. The molecule has 140 valence electrons. The van der Waals surface area contributed by atoms with Gasteiger partial charge in [-0.25, -0.2) is 4.79 Å². The van der Waals surface area contributed by atoms with Gasteiger partial charge in [0.05, 0.1) is 17.1 Å². The third kappa shape index (κ3) is 4.28. The lowest BCUT2D eigenvalue weighted by molar-refractivity contribution is -0.147. The highest BCUT2D eigenvalue weighted by Gasteiger charge is 2.36. The Morgan fingerprint density at radius 3 is 2.74 bits per heavy atom. The van der Waals surface area contributed by atoms with Gasteiger partial charge < -0.3 is 9.15 Å². The largest absolute Gasteiger partial charge is 0.464 e. The summed E-state index contributed by atoms with van der Waals surface area (Å²) in [6.45, 7) is 3.51. The fraction of sp³-hybridized carbons (Fsp3) is 0.263. The van der Waals surface area contributed by atoms with Crippen molar-refractivity contribution < 1.29 is 23.5 Å². The van der Waals surface area contributed by atoms with Crippen LogP contribution in [0.5, 0.6) is 0 Å². The number of fused-ring (bicyclic) bond motifs is 1. The lowest BCUT2D eigenvalue weighted by atomic mass is 10.2.